The van der Waals surface area contributed by atoms with E-state index < -0.39 is 0 Å². The molecular formula is C31H40N6O2. The van der Waals surface area contributed by atoms with E-state index in [0.29, 0.717) is 28.4 Å². The van der Waals surface area contributed by atoms with E-state index in [1.807, 2.05) is 31.2 Å². The molecule has 1 saturated heterocycles. The van der Waals surface area contributed by atoms with Crippen molar-refractivity contribution >= 4 is 23.0 Å². The number of nitrogens with one attached hydrogen (secondary N) is 1. The number of rotatable bonds is 8. The molecule has 8 heteroatoms. The lowest BCUT2D eigenvalue weighted by Gasteiger charge is -2.25. The average molecular weight is 529 g/mol. The van der Waals surface area contributed by atoms with Crippen LogP contribution in [-0.2, 0) is 12.0 Å². The topological polar surface area (TPSA) is 110 Å². The molecule has 0 atom stereocenters. The molecule has 206 valence electrons. The van der Waals surface area contributed by atoms with Crippen LogP contribution in [0.15, 0.2) is 61.1 Å². The first-order valence-corrected chi connectivity index (χ1v) is 13.3. The summed E-state index contributed by atoms with van der Waals surface area (Å²) in [6.45, 7) is 11.4. The van der Waals surface area contributed by atoms with Crippen molar-refractivity contribution in [3.63, 3.8) is 0 Å². The maximum absolute atomic E-state index is 13.5. The molecule has 2 heterocycles. The predicted molar refractivity (Wildman–Crippen MR) is 158 cm³/mol. The van der Waals surface area contributed by atoms with Gasteiger partial charge in [0, 0.05) is 41.8 Å². The number of nitrogens with zero attached hydrogens (tertiary/aromatic N) is 3. The molecule has 1 aromatic heterocycles. The summed E-state index contributed by atoms with van der Waals surface area (Å²) in [5, 5.41) is 4.55. The largest absolute Gasteiger partial charge is 0.494 e. The quantitative estimate of drug-likeness (QED) is 0.273. The van der Waals surface area contributed by atoms with Gasteiger partial charge in [-0.25, -0.2) is 5.84 Å². The highest BCUT2D eigenvalue weighted by molar-refractivity contribution is 6.06. The number of amides is 1. The third-order valence-corrected chi connectivity index (χ3v) is 7.10. The van der Waals surface area contributed by atoms with Crippen molar-refractivity contribution in [1.82, 2.24) is 9.88 Å². The van der Waals surface area contributed by atoms with E-state index >= 15 is 0 Å². The summed E-state index contributed by atoms with van der Waals surface area (Å²) >= 11 is 0. The Kier molecular flexibility index (Phi) is 8.57. The lowest BCUT2D eigenvalue weighted by molar-refractivity contribution is 0.102. The molecule has 4 rings (SSSR count). The number of ether oxygens (including phenoxy) is 1. The van der Waals surface area contributed by atoms with E-state index in [1.165, 1.54) is 17.9 Å². The fourth-order valence-corrected chi connectivity index (χ4v) is 4.81. The molecule has 0 spiro atoms. The van der Waals surface area contributed by atoms with Gasteiger partial charge >= 0.3 is 0 Å². The van der Waals surface area contributed by atoms with Crippen molar-refractivity contribution in [3.8, 4) is 5.75 Å². The number of nitrogens with two attached hydrogens (primary N) is 2. The van der Waals surface area contributed by atoms with E-state index in [2.05, 4.69) is 42.0 Å². The first-order chi connectivity index (χ1) is 18.6. The normalized spacial score (nSPS) is 14.4. The Morgan fingerprint density at radius 1 is 1.15 bits per heavy atom. The number of aryl methyl sites for hydroxylation is 1. The number of anilines is 2. The number of hydrogen-bond donors (Lipinski definition) is 3. The molecule has 1 amide bonds. The maximum atomic E-state index is 13.5. The van der Waals surface area contributed by atoms with Gasteiger partial charge in [-0.15, -0.1) is 0 Å². The van der Waals surface area contributed by atoms with Crippen LogP contribution >= 0.6 is 0 Å². The second-order valence-electron chi connectivity index (χ2n) is 11.1. The van der Waals surface area contributed by atoms with Crippen LogP contribution in [0.3, 0.4) is 0 Å². The molecule has 5 N–H and O–H groups in total. The Morgan fingerprint density at radius 2 is 1.90 bits per heavy atom. The summed E-state index contributed by atoms with van der Waals surface area (Å²) in [5.74, 6) is 6.82. The predicted octanol–water partition coefficient (Wildman–Crippen LogP) is 5.18. The molecule has 1 fully saturated rings. The summed E-state index contributed by atoms with van der Waals surface area (Å²) in [6, 6.07) is 13.3. The van der Waals surface area contributed by atoms with Crippen molar-refractivity contribution < 1.29 is 9.53 Å². The van der Waals surface area contributed by atoms with Gasteiger partial charge in [-0.3, -0.25) is 19.7 Å². The van der Waals surface area contributed by atoms with Gasteiger partial charge in [0.15, 0.2) is 0 Å². The zero-order valence-electron chi connectivity index (χ0n) is 23.6. The second kappa shape index (κ2) is 11.9. The fourth-order valence-electron chi connectivity index (χ4n) is 4.81. The minimum Gasteiger partial charge on any atom is -0.494 e. The lowest BCUT2D eigenvalue weighted by Crippen LogP contribution is -2.27. The smallest absolute Gasteiger partial charge is 0.255 e. The molecule has 8 nitrogen and oxygen atoms in total. The molecule has 3 aromatic rings. The molecule has 0 unspecified atom stereocenters. The highest BCUT2D eigenvalue weighted by atomic mass is 16.5. The van der Waals surface area contributed by atoms with Crippen LogP contribution < -0.4 is 26.6 Å². The summed E-state index contributed by atoms with van der Waals surface area (Å²) in [7, 11) is 1.66. The summed E-state index contributed by atoms with van der Waals surface area (Å²) < 4.78 is 5.86. The Morgan fingerprint density at radius 3 is 2.54 bits per heavy atom. The van der Waals surface area contributed by atoms with Crippen molar-refractivity contribution in [2.24, 2.45) is 11.6 Å². The third-order valence-electron chi connectivity index (χ3n) is 7.10. The van der Waals surface area contributed by atoms with Gasteiger partial charge < -0.3 is 15.8 Å². The number of pyridine rings is 1. The average Bonchev–Trinajstić information content (AvgIpc) is 3.41. The zero-order valence-corrected chi connectivity index (χ0v) is 23.6. The number of hydrogen-bond acceptors (Lipinski definition) is 7. The first-order valence-electron chi connectivity index (χ1n) is 13.3. The van der Waals surface area contributed by atoms with E-state index in [9.17, 15) is 4.79 Å². The standard InChI is InChI=1S/C31H40N6O2/c1-21-10-11-22(16-28(21)37(33)20-26(32)23-9-8-12-34-18-23)30(38)35-27-17-25(31(2,3)4)15-24(29(27)39-5)19-36-13-6-7-14-36/h8-12,15-18,20H,6-7,13-14,19,32-33H2,1-5H3,(H,35,38)/b26-20-. The number of likely N-dealkylation sites (tertiary alicyclic amines) is 1. The monoisotopic (exact) mass is 528 g/mol. The SMILES string of the molecule is COc1c(CN2CCCC2)cc(C(C)(C)C)cc1NC(=O)c1ccc(C)c(N(N)/C=C(\N)c2cccnc2)c1. The van der Waals surface area contributed by atoms with Gasteiger partial charge in [0.2, 0.25) is 0 Å². The number of benzene rings is 2. The Hall–Kier alpha value is -3.88. The van der Waals surface area contributed by atoms with Gasteiger partial charge in [-0.05, 0) is 79.7 Å². The van der Waals surface area contributed by atoms with Gasteiger partial charge in [-0.1, -0.05) is 32.9 Å². The molecule has 1 aliphatic rings. The number of aromatic nitrogens is 1. The Balaban J connectivity index is 1.64. The molecule has 0 aliphatic carbocycles. The first kappa shape index (κ1) is 28.1. The van der Waals surface area contributed by atoms with Gasteiger partial charge in [-0.2, -0.15) is 0 Å². The van der Waals surface area contributed by atoms with Crippen LogP contribution in [0.5, 0.6) is 5.75 Å². The van der Waals surface area contributed by atoms with Crippen LogP contribution in [-0.4, -0.2) is 36.0 Å². The van der Waals surface area contributed by atoms with Crippen LogP contribution in [0.25, 0.3) is 5.70 Å². The lowest BCUT2D eigenvalue weighted by atomic mass is 9.85. The Labute approximate surface area is 231 Å². The number of hydrazine groups is 1. The highest BCUT2D eigenvalue weighted by Gasteiger charge is 2.23. The molecule has 0 radical (unpaired) electrons. The minimum atomic E-state index is -0.245. The van der Waals surface area contributed by atoms with E-state index in [1.54, 1.807) is 37.8 Å². The Bertz CT molecular complexity index is 1340. The van der Waals surface area contributed by atoms with E-state index in [0.717, 1.165) is 41.9 Å². The number of carbonyl (C=O) groups excluding carboxylic acids is 1. The zero-order chi connectivity index (χ0) is 28.2. The van der Waals surface area contributed by atoms with Crippen molar-refractivity contribution in [2.75, 3.05) is 30.5 Å². The second-order valence-corrected chi connectivity index (χ2v) is 11.1. The van der Waals surface area contributed by atoms with Crippen LogP contribution in [0.4, 0.5) is 11.4 Å². The maximum Gasteiger partial charge on any atom is 0.255 e. The van der Waals surface area contributed by atoms with Gasteiger partial charge in [0.1, 0.15) is 5.75 Å². The van der Waals surface area contributed by atoms with E-state index in [-0.39, 0.29) is 11.3 Å². The number of methoxy groups -OCH3 is 1. The summed E-state index contributed by atoms with van der Waals surface area (Å²) in [6.07, 6.45) is 7.41. The molecule has 0 bridgehead atoms. The molecule has 0 saturated carbocycles. The van der Waals surface area contributed by atoms with Gasteiger partial charge in [0.25, 0.3) is 5.91 Å². The van der Waals surface area contributed by atoms with Crippen LogP contribution in [0, 0.1) is 6.92 Å². The van der Waals surface area contributed by atoms with Gasteiger partial charge in [0.05, 0.1) is 24.2 Å². The number of carbonyl (C=O) groups is 1. The van der Waals surface area contributed by atoms with Crippen LogP contribution in [0.1, 0.15) is 66.2 Å². The van der Waals surface area contributed by atoms with Crippen molar-refractivity contribution in [2.45, 2.75) is 52.5 Å². The molecule has 2 aromatic carbocycles. The molecule has 1 aliphatic heterocycles. The van der Waals surface area contributed by atoms with Crippen LogP contribution in [0.2, 0.25) is 0 Å². The minimum absolute atomic E-state index is 0.0941. The summed E-state index contributed by atoms with van der Waals surface area (Å²) in [5.41, 5.74) is 12.3. The molecule has 39 heavy (non-hydrogen) atoms. The highest BCUT2D eigenvalue weighted by Crippen LogP contribution is 2.37. The van der Waals surface area contributed by atoms with E-state index in [4.69, 9.17) is 16.3 Å². The molecular weight excluding hydrogens is 488 g/mol. The summed E-state index contributed by atoms with van der Waals surface area (Å²) in [4.78, 5) is 20.1. The van der Waals surface area contributed by atoms with Crippen molar-refractivity contribution in [1.29, 1.82) is 0 Å². The van der Waals surface area contributed by atoms with Crippen molar-refractivity contribution in [3.05, 3.63) is 88.9 Å². The third kappa shape index (κ3) is 6.77. The fraction of sp³-hybridized carbons (Fsp3) is 0.355.